The minimum absolute atomic E-state index is 0. The Morgan fingerprint density at radius 1 is 0.889 bits per heavy atom. The summed E-state index contributed by atoms with van der Waals surface area (Å²) in [5.41, 5.74) is 0. The predicted octanol–water partition coefficient (Wildman–Crippen LogP) is 3.55. The quantitative estimate of drug-likeness (QED) is 0.223. The average molecular weight is 494 g/mol. The molecular weight excluding hydrogens is 449 g/mol. The Bertz CT molecular complexity index is 396. The molecule has 2 rings (SSSR count). The lowest BCUT2D eigenvalue weighted by molar-refractivity contribution is 0.159. The van der Waals surface area contributed by atoms with Gasteiger partial charge in [0.05, 0.1) is 0 Å². The molecule has 27 heavy (non-hydrogen) atoms. The summed E-state index contributed by atoms with van der Waals surface area (Å²) in [6.45, 7) is 13.1. The van der Waals surface area contributed by atoms with Crippen LogP contribution < -0.4 is 10.6 Å². The lowest BCUT2D eigenvalue weighted by Gasteiger charge is -2.33. The monoisotopic (exact) mass is 493 g/mol. The Morgan fingerprint density at radius 2 is 1.59 bits per heavy atom. The van der Waals surface area contributed by atoms with Gasteiger partial charge in [-0.3, -0.25) is 4.99 Å². The van der Waals surface area contributed by atoms with Crippen LogP contribution in [-0.4, -0.2) is 74.7 Å². The molecule has 0 aromatic rings. The van der Waals surface area contributed by atoms with Gasteiger partial charge in [-0.1, -0.05) is 13.3 Å². The van der Waals surface area contributed by atoms with Gasteiger partial charge in [0.25, 0.3) is 0 Å². The van der Waals surface area contributed by atoms with Crippen molar-refractivity contribution in [3.8, 4) is 0 Å². The van der Waals surface area contributed by atoms with Gasteiger partial charge in [-0.15, -0.1) is 24.0 Å². The molecule has 2 aliphatic rings. The summed E-state index contributed by atoms with van der Waals surface area (Å²) in [4.78, 5) is 9.63. The number of nitrogens with one attached hydrogen (secondary N) is 2. The van der Waals surface area contributed by atoms with Crippen LogP contribution in [0.3, 0.4) is 0 Å². The molecule has 2 saturated heterocycles. The Morgan fingerprint density at radius 3 is 2.26 bits per heavy atom. The average Bonchev–Trinajstić information content (AvgIpc) is 2.66. The zero-order valence-corrected chi connectivity index (χ0v) is 20.3. The number of guanidine groups is 1. The number of piperidine rings is 2. The Hall–Kier alpha value is -0.0800. The molecule has 0 aromatic heterocycles. The molecule has 2 aliphatic heterocycles. The van der Waals surface area contributed by atoms with Crippen LogP contribution in [0.5, 0.6) is 0 Å². The van der Waals surface area contributed by atoms with E-state index in [9.17, 15) is 0 Å². The maximum atomic E-state index is 4.35. The Labute approximate surface area is 185 Å². The van der Waals surface area contributed by atoms with Gasteiger partial charge in [-0.25, -0.2) is 0 Å². The molecule has 0 spiro atoms. The molecule has 5 nitrogen and oxygen atoms in total. The van der Waals surface area contributed by atoms with Crippen LogP contribution >= 0.6 is 24.0 Å². The van der Waals surface area contributed by atoms with E-state index in [2.05, 4.69) is 39.3 Å². The number of nitrogens with zero attached hydrogens (tertiary/aromatic N) is 3. The number of aliphatic imine (C=N–C) groups is 1. The van der Waals surface area contributed by atoms with E-state index >= 15 is 0 Å². The smallest absolute Gasteiger partial charge is 0.190 e. The summed E-state index contributed by atoms with van der Waals surface area (Å²) in [6, 6.07) is 0.768. The van der Waals surface area contributed by atoms with Crippen molar-refractivity contribution in [2.75, 3.05) is 52.9 Å². The van der Waals surface area contributed by atoms with Crippen molar-refractivity contribution in [3.63, 3.8) is 0 Å². The van der Waals surface area contributed by atoms with Crippen LogP contribution in [0.1, 0.15) is 65.2 Å². The van der Waals surface area contributed by atoms with E-state index in [0.717, 1.165) is 31.0 Å². The molecule has 2 N–H and O–H groups in total. The molecule has 6 heteroatoms. The maximum absolute atomic E-state index is 4.35. The standard InChI is InChI=1S/C21H43N5.HI/c1-19-10-17-25(18-11-19)14-7-5-12-23-21(22-3)24-13-8-16-26-15-6-4-9-20(26)2;/h19-20H,4-18H2,1-3H3,(H2,22,23,24);1H. The fourth-order valence-corrected chi connectivity index (χ4v) is 4.15. The molecule has 0 saturated carbocycles. The highest BCUT2D eigenvalue weighted by molar-refractivity contribution is 14.0. The predicted molar refractivity (Wildman–Crippen MR) is 128 cm³/mol. The summed E-state index contributed by atoms with van der Waals surface area (Å²) in [7, 11) is 1.87. The molecule has 160 valence electrons. The summed E-state index contributed by atoms with van der Waals surface area (Å²) in [5, 5.41) is 6.94. The number of likely N-dealkylation sites (tertiary alicyclic amines) is 2. The molecule has 0 aliphatic carbocycles. The summed E-state index contributed by atoms with van der Waals surface area (Å²) in [6.07, 6.45) is 10.6. The molecule has 0 bridgehead atoms. The van der Waals surface area contributed by atoms with E-state index in [1.807, 2.05) is 7.05 Å². The van der Waals surface area contributed by atoms with Crippen LogP contribution in [-0.2, 0) is 0 Å². The molecule has 0 radical (unpaired) electrons. The van der Waals surface area contributed by atoms with Gasteiger partial charge < -0.3 is 20.4 Å². The lowest BCUT2D eigenvalue weighted by atomic mass is 9.99. The van der Waals surface area contributed by atoms with Crippen LogP contribution in [0.25, 0.3) is 0 Å². The summed E-state index contributed by atoms with van der Waals surface area (Å²) < 4.78 is 0. The van der Waals surface area contributed by atoms with E-state index in [0.29, 0.717) is 0 Å². The second-order valence-electron chi connectivity index (χ2n) is 8.39. The van der Waals surface area contributed by atoms with E-state index in [1.54, 1.807) is 0 Å². The first-order valence-electron chi connectivity index (χ1n) is 11.1. The van der Waals surface area contributed by atoms with Crippen molar-refractivity contribution in [1.29, 1.82) is 0 Å². The third-order valence-corrected chi connectivity index (χ3v) is 6.15. The first-order valence-corrected chi connectivity index (χ1v) is 11.1. The normalized spacial score (nSPS) is 23.1. The van der Waals surface area contributed by atoms with Gasteiger partial charge in [0.1, 0.15) is 0 Å². The fraction of sp³-hybridized carbons (Fsp3) is 0.952. The van der Waals surface area contributed by atoms with Gasteiger partial charge in [0.15, 0.2) is 5.96 Å². The van der Waals surface area contributed by atoms with Crippen molar-refractivity contribution in [3.05, 3.63) is 0 Å². The summed E-state index contributed by atoms with van der Waals surface area (Å²) in [5.74, 6) is 1.89. The highest BCUT2D eigenvalue weighted by Gasteiger charge is 2.17. The molecule has 0 amide bonds. The topological polar surface area (TPSA) is 42.9 Å². The van der Waals surface area contributed by atoms with E-state index < -0.39 is 0 Å². The SMILES string of the molecule is CN=C(NCCCCN1CCC(C)CC1)NCCCN1CCCCC1C.I. The highest BCUT2D eigenvalue weighted by Crippen LogP contribution is 2.16. The number of rotatable bonds is 9. The molecule has 0 aromatic carbocycles. The van der Waals surface area contributed by atoms with Crippen molar-refractivity contribution in [2.45, 2.75) is 71.3 Å². The van der Waals surface area contributed by atoms with Gasteiger partial charge in [0.2, 0.25) is 0 Å². The van der Waals surface area contributed by atoms with Crippen molar-refractivity contribution in [1.82, 2.24) is 20.4 Å². The van der Waals surface area contributed by atoms with Crippen molar-refractivity contribution < 1.29 is 0 Å². The molecule has 2 heterocycles. The highest BCUT2D eigenvalue weighted by atomic mass is 127. The van der Waals surface area contributed by atoms with E-state index in [1.165, 1.54) is 84.1 Å². The minimum Gasteiger partial charge on any atom is -0.356 e. The Kier molecular flexibility index (Phi) is 13.7. The van der Waals surface area contributed by atoms with Crippen LogP contribution in [0.2, 0.25) is 0 Å². The second kappa shape index (κ2) is 14.9. The van der Waals surface area contributed by atoms with Crippen LogP contribution in [0, 0.1) is 5.92 Å². The van der Waals surface area contributed by atoms with Gasteiger partial charge >= 0.3 is 0 Å². The van der Waals surface area contributed by atoms with Crippen LogP contribution in [0.4, 0.5) is 0 Å². The number of hydrogen-bond acceptors (Lipinski definition) is 3. The maximum Gasteiger partial charge on any atom is 0.190 e. The lowest BCUT2D eigenvalue weighted by Crippen LogP contribution is -2.41. The fourth-order valence-electron chi connectivity index (χ4n) is 4.15. The molecular formula is C21H44IN5. The second-order valence-corrected chi connectivity index (χ2v) is 8.39. The van der Waals surface area contributed by atoms with E-state index in [-0.39, 0.29) is 24.0 Å². The van der Waals surface area contributed by atoms with E-state index in [4.69, 9.17) is 0 Å². The third-order valence-electron chi connectivity index (χ3n) is 6.15. The zero-order valence-electron chi connectivity index (χ0n) is 18.0. The minimum atomic E-state index is 0. The zero-order chi connectivity index (χ0) is 18.6. The molecule has 1 unspecified atom stereocenters. The molecule has 2 fully saturated rings. The largest absolute Gasteiger partial charge is 0.356 e. The van der Waals surface area contributed by atoms with Crippen molar-refractivity contribution in [2.24, 2.45) is 10.9 Å². The van der Waals surface area contributed by atoms with Crippen molar-refractivity contribution >= 4 is 29.9 Å². The number of unbranched alkanes of at least 4 members (excludes halogenated alkanes) is 1. The molecule has 1 atom stereocenters. The first kappa shape index (κ1) is 25.0. The Balaban J connectivity index is 0.00000364. The number of hydrogen-bond donors (Lipinski definition) is 2. The number of halogens is 1. The summed E-state index contributed by atoms with van der Waals surface area (Å²) >= 11 is 0. The van der Waals surface area contributed by atoms with Gasteiger partial charge in [-0.05, 0) is 84.0 Å². The first-order chi connectivity index (χ1) is 12.7. The van der Waals surface area contributed by atoms with Gasteiger partial charge in [0, 0.05) is 32.7 Å². The van der Waals surface area contributed by atoms with Gasteiger partial charge in [-0.2, -0.15) is 0 Å². The van der Waals surface area contributed by atoms with Crippen LogP contribution in [0.15, 0.2) is 4.99 Å². The third kappa shape index (κ3) is 10.3.